The quantitative estimate of drug-likeness (QED) is 0.846. The van der Waals surface area contributed by atoms with E-state index in [1.807, 2.05) is 21.8 Å². The summed E-state index contributed by atoms with van der Waals surface area (Å²) < 4.78 is 12.9. The minimum atomic E-state index is 0.0383. The molecule has 0 atom stereocenters. The van der Waals surface area contributed by atoms with Crippen molar-refractivity contribution in [3.05, 3.63) is 35.7 Å². The summed E-state index contributed by atoms with van der Waals surface area (Å²) in [5.41, 5.74) is 1.45. The monoisotopic (exact) mass is 372 g/mol. The first-order valence-electron chi connectivity index (χ1n) is 9.42. The van der Waals surface area contributed by atoms with Gasteiger partial charge in [0.15, 0.2) is 11.5 Å². The predicted molar refractivity (Wildman–Crippen MR) is 96.9 cm³/mol. The molecular formula is C19H24N4O4. The molecule has 0 aliphatic carbocycles. The maximum absolute atomic E-state index is 12.8. The minimum Gasteiger partial charge on any atom is -0.486 e. The summed E-state index contributed by atoms with van der Waals surface area (Å²) in [6, 6.07) is 5.39. The van der Waals surface area contributed by atoms with Crippen LogP contribution in [0.1, 0.15) is 28.9 Å². The molecule has 2 aliphatic rings. The molecule has 2 aliphatic heterocycles. The standard InChI is InChI=1S/C19H24N4O4/c24-8-5-16-13-23(21-20-16)12-14-3-6-22(7-4-14)19(25)15-1-2-17-18(11-15)27-10-9-26-17/h1-2,11,13-14,24H,3-10,12H2. The molecule has 1 saturated heterocycles. The molecule has 8 nitrogen and oxygen atoms in total. The van der Waals surface area contributed by atoms with Crippen LogP contribution in [-0.4, -0.2) is 63.8 Å². The van der Waals surface area contributed by atoms with Crippen molar-refractivity contribution in [2.45, 2.75) is 25.8 Å². The van der Waals surface area contributed by atoms with Crippen molar-refractivity contribution in [2.24, 2.45) is 5.92 Å². The molecule has 0 spiro atoms. The van der Waals surface area contributed by atoms with E-state index in [0.717, 1.165) is 38.2 Å². The largest absolute Gasteiger partial charge is 0.486 e. The number of ether oxygens (including phenoxy) is 2. The average Bonchev–Trinajstić information content (AvgIpc) is 3.15. The van der Waals surface area contributed by atoms with Gasteiger partial charge >= 0.3 is 0 Å². The number of hydrogen-bond donors (Lipinski definition) is 1. The molecule has 8 heteroatoms. The molecule has 1 fully saturated rings. The molecule has 4 rings (SSSR count). The topological polar surface area (TPSA) is 89.7 Å². The number of fused-ring (bicyclic) bond motifs is 1. The Bertz CT molecular complexity index is 799. The number of aromatic nitrogens is 3. The molecule has 2 aromatic rings. The Morgan fingerprint density at radius 2 is 1.96 bits per heavy atom. The van der Waals surface area contributed by atoms with E-state index < -0.39 is 0 Å². The van der Waals surface area contributed by atoms with Crippen LogP contribution in [0.3, 0.4) is 0 Å². The number of likely N-dealkylation sites (tertiary alicyclic amines) is 1. The number of rotatable bonds is 5. The molecule has 1 aromatic heterocycles. The smallest absolute Gasteiger partial charge is 0.253 e. The van der Waals surface area contributed by atoms with E-state index in [4.69, 9.17) is 14.6 Å². The lowest BCUT2D eigenvalue weighted by Gasteiger charge is -2.32. The molecular weight excluding hydrogens is 348 g/mol. The van der Waals surface area contributed by atoms with Crippen LogP contribution >= 0.6 is 0 Å². The van der Waals surface area contributed by atoms with Gasteiger partial charge in [0.1, 0.15) is 13.2 Å². The molecule has 0 saturated carbocycles. The third-order valence-corrected chi connectivity index (χ3v) is 5.09. The molecule has 0 radical (unpaired) electrons. The molecule has 1 aromatic carbocycles. The molecule has 1 amide bonds. The van der Waals surface area contributed by atoms with Gasteiger partial charge in [-0.3, -0.25) is 9.48 Å². The van der Waals surface area contributed by atoms with Gasteiger partial charge < -0.3 is 19.5 Å². The highest BCUT2D eigenvalue weighted by Crippen LogP contribution is 2.31. The average molecular weight is 372 g/mol. The van der Waals surface area contributed by atoms with Crippen molar-refractivity contribution in [1.82, 2.24) is 19.9 Å². The first kappa shape index (κ1) is 17.8. The van der Waals surface area contributed by atoms with E-state index in [-0.39, 0.29) is 12.5 Å². The first-order valence-corrected chi connectivity index (χ1v) is 9.42. The summed E-state index contributed by atoms with van der Waals surface area (Å²) in [4.78, 5) is 14.7. The highest BCUT2D eigenvalue weighted by molar-refractivity contribution is 5.95. The van der Waals surface area contributed by atoms with Crippen molar-refractivity contribution >= 4 is 5.91 Å². The number of hydrogen-bond acceptors (Lipinski definition) is 6. The number of benzene rings is 1. The second-order valence-electron chi connectivity index (χ2n) is 7.00. The van der Waals surface area contributed by atoms with Gasteiger partial charge in [-0.2, -0.15) is 0 Å². The second kappa shape index (κ2) is 7.96. The summed E-state index contributed by atoms with van der Waals surface area (Å²) >= 11 is 0. The van der Waals surface area contributed by atoms with Crippen LogP contribution < -0.4 is 9.47 Å². The van der Waals surface area contributed by atoms with Crippen LogP contribution in [0.25, 0.3) is 0 Å². The third-order valence-electron chi connectivity index (χ3n) is 5.09. The summed E-state index contributed by atoms with van der Waals surface area (Å²) in [6.07, 6.45) is 4.29. The van der Waals surface area contributed by atoms with Crippen LogP contribution in [0.15, 0.2) is 24.4 Å². The summed E-state index contributed by atoms with van der Waals surface area (Å²) in [5, 5.41) is 17.1. The van der Waals surface area contributed by atoms with Gasteiger partial charge in [0.25, 0.3) is 5.91 Å². The Morgan fingerprint density at radius 3 is 2.74 bits per heavy atom. The fraction of sp³-hybridized carbons (Fsp3) is 0.526. The van der Waals surface area contributed by atoms with Crippen LogP contribution in [0.4, 0.5) is 0 Å². The number of nitrogens with zero attached hydrogens (tertiary/aromatic N) is 4. The highest BCUT2D eigenvalue weighted by Gasteiger charge is 2.25. The van der Waals surface area contributed by atoms with Crippen molar-refractivity contribution in [2.75, 3.05) is 32.9 Å². The number of aliphatic hydroxyl groups is 1. The Morgan fingerprint density at radius 1 is 1.19 bits per heavy atom. The Balaban J connectivity index is 1.32. The van der Waals surface area contributed by atoms with Crippen LogP contribution in [-0.2, 0) is 13.0 Å². The van der Waals surface area contributed by atoms with E-state index in [1.165, 1.54) is 0 Å². The number of amides is 1. The van der Waals surface area contributed by atoms with Gasteiger partial charge in [0, 0.05) is 44.4 Å². The number of aliphatic hydroxyl groups excluding tert-OH is 1. The molecule has 3 heterocycles. The molecule has 144 valence electrons. The Hall–Kier alpha value is -2.61. The zero-order valence-corrected chi connectivity index (χ0v) is 15.2. The number of carbonyl (C=O) groups excluding carboxylic acids is 1. The third kappa shape index (κ3) is 4.05. The molecule has 0 bridgehead atoms. The van der Waals surface area contributed by atoms with Gasteiger partial charge in [0.05, 0.1) is 5.69 Å². The summed E-state index contributed by atoms with van der Waals surface area (Å²) in [7, 11) is 0. The summed E-state index contributed by atoms with van der Waals surface area (Å²) in [6.45, 7) is 3.40. The van der Waals surface area contributed by atoms with Gasteiger partial charge in [0.2, 0.25) is 0 Å². The predicted octanol–water partition coefficient (Wildman–Crippen LogP) is 1.14. The maximum atomic E-state index is 12.8. The van der Waals surface area contributed by atoms with Crippen molar-refractivity contribution in [3.8, 4) is 11.5 Å². The van der Waals surface area contributed by atoms with E-state index in [9.17, 15) is 4.79 Å². The van der Waals surface area contributed by atoms with E-state index in [1.54, 1.807) is 12.1 Å². The molecule has 1 N–H and O–H groups in total. The molecule has 0 unspecified atom stereocenters. The second-order valence-corrected chi connectivity index (χ2v) is 7.00. The SMILES string of the molecule is O=C(c1ccc2c(c1)OCCO2)N1CCC(Cn2cc(CCO)nn2)CC1. The minimum absolute atomic E-state index is 0.0383. The van der Waals surface area contributed by atoms with Gasteiger partial charge in [-0.15, -0.1) is 5.10 Å². The number of piperidine rings is 1. The molecule has 27 heavy (non-hydrogen) atoms. The highest BCUT2D eigenvalue weighted by atomic mass is 16.6. The van der Waals surface area contributed by atoms with Crippen LogP contribution in [0, 0.1) is 5.92 Å². The fourth-order valence-corrected chi connectivity index (χ4v) is 3.60. The maximum Gasteiger partial charge on any atom is 0.253 e. The van der Waals surface area contributed by atoms with Crippen LogP contribution in [0.5, 0.6) is 11.5 Å². The fourth-order valence-electron chi connectivity index (χ4n) is 3.60. The van der Waals surface area contributed by atoms with Gasteiger partial charge in [-0.05, 0) is 37.0 Å². The van der Waals surface area contributed by atoms with Crippen LogP contribution in [0.2, 0.25) is 0 Å². The normalized spacial score (nSPS) is 17.1. The zero-order chi connectivity index (χ0) is 18.6. The lowest BCUT2D eigenvalue weighted by Crippen LogP contribution is -2.39. The lowest BCUT2D eigenvalue weighted by atomic mass is 9.96. The van der Waals surface area contributed by atoms with Crippen molar-refractivity contribution in [1.29, 1.82) is 0 Å². The number of carbonyl (C=O) groups is 1. The lowest BCUT2D eigenvalue weighted by molar-refractivity contribution is 0.0680. The van der Waals surface area contributed by atoms with E-state index in [2.05, 4.69) is 10.3 Å². The zero-order valence-electron chi connectivity index (χ0n) is 15.2. The Kier molecular flexibility index (Phi) is 5.24. The van der Waals surface area contributed by atoms with Gasteiger partial charge in [-0.1, -0.05) is 5.21 Å². The first-order chi connectivity index (χ1) is 13.2. The summed E-state index contributed by atoms with van der Waals surface area (Å²) in [5.74, 6) is 1.85. The Labute approximate surface area is 157 Å². The van der Waals surface area contributed by atoms with Crippen molar-refractivity contribution in [3.63, 3.8) is 0 Å². The van der Waals surface area contributed by atoms with E-state index in [0.29, 0.717) is 42.6 Å². The van der Waals surface area contributed by atoms with Gasteiger partial charge in [-0.25, -0.2) is 0 Å². The van der Waals surface area contributed by atoms with Crippen molar-refractivity contribution < 1.29 is 19.4 Å². The van der Waals surface area contributed by atoms with E-state index >= 15 is 0 Å².